The Bertz CT molecular complexity index is 1290. The zero-order valence-electron chi connectivity index (χ0n) is 19.7. The molecule has 8 heteroatoms. The lowest BCUT2D eigenvalue weighted by atomic mass is 9.98. The van der Waals surface area contributed by atoms with Gasteiger partial charge in [0.15, 0.2) is 0 Å². The lowest BCUT2D eigenvalue weighted by Crippen LogP contribution is -2.27. The first-order valence-electron chi connectivity index (χ1n) is 11.9. The van der Waals surface area contributed by atoms with Crippen LogP contribution in [0.4, 0.5) is 11.5 Å². The van der Waals surface area contributed by atoms with Gasteiger partial charge in [-0.15, -0.1) is 0 Å². The molecule has 1 aromatic heterocycles. The Labute approximate surface area is 204 Å². The van der Waals surface area contributed by atoms with Crippen molar-refractivity contribution in [1.29, 1.82) is 0 Å². The van der Waals surface area contributed by atoms with E-state index in [0.29, 0.717) is 35.2 Å². The number of aromatic nitrogens is 2. The molecule has 1 atom stereocenters. The minimum atomic E-state index is -0.549. The Kier molecular flexibility index (Phi) is 6.03. The van der Waals surface area contributed by atoms with Crippen molar-refractivity contribution in [2.75, 3.05) is 23.8 Å². The first-order valence-corrected chi connectivity index (χ1v) is 11.9. The summed E-state index contributed by atoms with van der Waals surface area (Å²) in [7, 11) is 0. The number of fused-ring (bicyclic) bond motifs is 1. The molecule has 0 bridgehead atoms. The fourth-order valence-electron chi connectivity index (χ4n) is 4.46. The van der Waals surface area contributed by atoms with Gasteiger partial charge >= 0.3 is 0 Å². The SMILES string of the molecule is C=CC(=O)Nc1cc(C)ccc1C1CCNc2c(C(N)=O)c(-c3ccc(OCC4CC4)cc3)nn21. The summed E-state index contributed by atoms with van der Waals surface area (Å²) in [5.41, 5.74) is 10.1. The maximum Gasteiger partial charge on any atom is 0.254 e. The molecule has 0 saturated heterocycles. The summed E-state index contributed by atoms with van der Waals surface area (Å²) in [6.45, 7) is 6.89. The van der Waals surface area contributed by atoms with Gasteiger partial charge in [0.2, 0.25) is 5.91 Å². The molecule has 2 aliphatic rings. The van der Waals surface area contributed by atoms with Gasteiger partial charge in [-0.3, -0.25) is 9.59 Å². The number of primary amides is 1. The molecule has 35 heavy (non-hydrogen) atoms. The number of benzene rings is 2. The van der Waals surface area contributed by atoms with Crippen LogP contribution in [-0.4, -0.2) is 34.7 Å². The number of carbonyl (C=O) groups excluding carboxylic acids is 2. The fraction of sp³-hybridized carbons (Fsp3) is 0.296. The van der Waals surface area contributed by atoms with Crippen molar-refractivity contribution < 1.29 is 14.3 Å². The van der Waals surface area contributed by atoms with E-state index in [9.17, 15) is 9.59 Å². The van der Waals surface area contributed by atoms with Gasteiger partial charge in [-0.05, 0) is 74.1 Å². The van der Waals surface area contributed by atoms with Crippen LogP contribution in [0.15, 0.2) is 55.1 Å². The van der Waals surface area contributed by atoms with Crippen LogP contribution in [0, 0.1) is 12.8 Å². The molecule has 2 aromatic carbocycles. The van der Waals surface area contributed by atoms with Crippen molar-refractivity contribution in [1.82, 2.24) is 9.78 Å². The summed E-state index contributed by atoms with van der Waals surface area (Å²) in [4.78, 5) is 24.6. The third-order valence-electron chi connectivity index (χ3n) is 6.48. The maximum absolute atomic E-state index is 12.6. The van der Waals surface area contributed by atoms with Gasteiger partial charge in [-0.1, -0.05) is 18.7 Å². The smallest absolute Gasteiger partial charge is 0.254 e. The summed E-state index contributed by atoms with van der Waals surface area (Å²) >= 11 is 0. The van der Waals surface area contributed by atoms with Crippen molar-refractivity contribution in [2.45, 2.75) is 32.2 Å². The van der Waals surface area contributed by atoms with Crippen molar-refractivity contribution in [3.63, 3.8) is 0 Å². The first kappa shape index (κ1) is 22.7. The van der Waals surface area contributed by atoms with Crippen LogP contribution >= 0.6 is 0 Å². The molecule has 2 heterocycles. The van der Waals surface area contributed by atoms with E-state index < -0.39 is 5.91 Å². The van der Waals surface area contributed by atoms with Crippen molar-refractivity contribution in [3.8, 4) is 17.0 Å². The fourth-order valence-corrected chi connectivity index (χ4v) is 4.46. The molecule has 5 rings (SSSR count). The predicted molar refractivity (Wildman–Crippen MR) is 136 cm³/mol. The van der Waals surface area contributed by atoms with E-state index in [-0.39, 0.29) is 11.9 Å². The quantitative estimate of drug-likeness (QED) is 0.425. The van der Waals surface area contributed by atoms with E-state index in [1.54, 1.807) is 0 Å². The minimum Gasteiger partial charge on any atom is -0.493 e. The number of carbonyl (C=O) groups is 2. The molecular weight excluding hydrogens is 442 g/mol. The van der Waals surface area contributed by atoms with Crippen LogP contribution in [0.5, 0.6) is 5.75 Å². The number of hydrogen-bond acceptors (Lipinski definition) is 5. The van der Waals surface area contributed by atoms with Crippen LogP contribution in [0.2, 0.25) is 0 Å². The monoisotopic (exact) mass is 471 g/mol. The molecule has 180 valence electrons. The van der Waals surface area contributed by atoms with Crippen LogP contribution in [0.25, 0.3) is 11.3 Å². The second-order valence-electron chi connectivity index (χ2n) is 9.18. The standard InChI is InChI=1S/C27H29N5O3/c1-3-23(33)30-21-14-16(2)4-11-20(21)22-12-13-29-27-24(26(28)34)25(31-32(22)27)18-7-9-19(10-8-18)35-15-17-5-6-17/h3-4,7-11,14,17,22,29H,1,5-6,12-13,15H2,2H3,(H2,28,34)(H,30,33). The Morgan fingerprint density at radius 2 is 2.00 bits per heavy atom. The van der Waals surface area contributed by atoms with E-state index in [4.69, 9.17) is 15.6 Å². The number of rotatable bonds is 8. The van der Waals surface area contributed by atoms with E-state index in [0.717, 1.165) is 35.5 Å². The average molecular weight is 472 g/mol. The van der Waals surface area contributed by atoms with Gasteiger partial charge in [-0.25, -0.2) is 4.68 Å². The number of amides is 2. The number of ether oxygens (including phenoxy) is 1. The lowest BCUT2D eigenvalue weighted by molar-refractivity contribution is -0.111. The van der Waals surface area contributed by atoms with Crippen LogP contribution in [0.3, 0.4) is 0 Å². The van der Waals surface area contributed by atoms with Gasteiger partial charge in [0.05, 0.1) is 12.6 Å². The van der Waals surface area contributed by atoms with Gasteiger partial charge in [0, 0.05) is 23.4 Å². The lowest BCUT2D eigenvalue weighted by Gasteiger charge is -2.28. The summed E-state index contributed by atoms with van der Waals surface area (Å²) in [5.74, 6) is 1.21. The third kappa shape index (κ3) is 4.64. The summed E-state index contributed by atoms with van der Waals surface area (Å²) in [6.07, 6.45) is 4.43. The summed E-state index contributed by atoms with van der Waals surface area (Å²) < 4.78 is 7.66. The summed E-state index contributed by atoms with van der Waals surface area (Å²) in [5, 5.41) is 11.1. The molecule has 0 radical (unpaired) electrons. The predicted octanol–water partition coefficient (Wildman–Crippen LogP) is 4.28. The van der Waals surface area contributed by atoms with Gasteiger partial charge < -0.3 is 21.1 Å². The maximum atomic E-state index is 12.6. The third-order valence-corrected chi connectivity index (χ3v) is 6.48. The molecule has 1 aliphatic carbocycles. The average Bonchev–Trinajstić information content (AvgIpc) is 3.60. The molecule has 3 aromatic rings. The van der Waals surface area contributed by atoms with E-state index in [2.05, 4.69) is 17.2 Å². The Hall–Kier alpha value is -4.07. The number of hydrogen-bond donors (Lipinski definition) is 3. The number of nitrogens with one attached hydrogen (secondary N) is 2. The molecule has 1 saturated carbocycles. The van der Waals surface area contributed by atoms with E-state index in [1.165, 1.54) is 18.9 Å². The number of anilines is 2. The van der Waals surface area contributed by atoms with Crippen molar-refractivity contribution in [2.24, 2.45) is 11.7 Å². The Morgan fingerprint density at radius 3 is 2.69 bits per heavy atom. The highest BCUT2D eigenvalue weighted by Crippen LogP contribution is 2.39. The highest BCUT2D eigenvalue weighted by Gasteiger charge is 2.31. The molecule has 2 amide bonds. The largest absolute Gasteiger partial charge is 0.493 e. The van der Waals surface area contributed by atoms with E-state index >= 15 is 0 Å². The number of aryl methyl sites for hydroxylation is 1. The molecule has 1 fully saturated rings. The van der Waals surface area contributed by atoms with Gasteiger partial charge in [0.25, 0.3) is 5.91 Å². The Morgan fingerprint density at radius 1 is 1.23 bits per heavy atom. The number of nitrogens with zero attached hydrogens (tertiary/aromatic N) is 2. The molecule has 8 nitrogen and oxygen atoms in total. The molecular formula is C27H29N5O3. The number of nitrogens with two attached hydrogens (primary N) is 1. The summed E-state index contributed by atoms with van der Waals surface area (Å²) in [6, 6.07) is 13.3. The van der Waals surface area contributed by atoms with Crippen molar-refractivity contribution >= 4 is 23.3 Å². The van der Waals surface area contributed by atoms with Crippen LogP contribution in [0.1, 0.15) is 46.8 Å². The molecule has 1 unspecified atom stereocenters. The van der Waals surface area contributed by atoms with Crippen LogP contribution < -0.4 is 21.1 Å². The zero-order valence-corrected chi connectivity index (χ0v) is 19.7. The van der Waals surface area contributed by atoms with Gasteiger partial charge in [-0.2, -0.15) is 5.10 Å². The molecule has 1 aliphatic heterocycles. The normalized spacial score (nSPS) is 16.7. The van der Waals surface area contributed by atoms with Gasteiger partial charge in [0.1, 0.15) is 22.8 Å². The topological polar surface area (TPSA) is 111 Å². The molecule has 0 spiro atoms. The van der Waals surface area contributed by atoms with E-state index in [1.807, 2.05) is 54.1 Å². The highest BCUT2D eigenvalue weighted by molar-refractivity contribution is 6.04. The highest BCUT2D eigenvalue weighted by atomic mass is 16.5. The second kappa shape index (κ2) is 9.29. The zero-order chi connectivity index (χ0) is 24.5. The second-order valence-corrected chi connectivity index (χ2v) is 9.18. The molecule has 4 N–H and O–H groups in total. The first-order chi connectivity index (χ1) is 16.9. The van der Waals surface area contributed by atoms with Crippen molar-refractivity contribution in [3.05, 3.63) is 71.8 Å². The van der Waals surface area contributed by atoms with Crippen LogP contribution in [-0.2, 0) is 4.79 Å². The minimum absolute atomic E-state index is 0.194. The Balaban J connectivity index is 1.53.